The zero-order chi connectivity index (χ0) is 14.4. The van der Waals surface area contributed by atoms with Crippen LogP contribution in [0.4, 0.5) is 4.39 Å². The Morgan fingerprint density at radius 2 is 2.05 bits per heavy atom. The SMILES string of the molecule is CNC(=O)C(C)CN(C)CC(O)c1ccccc1F. The van der Waals surface area contributed by atoms with Gasteiger partial charge in [0.05, 0.1) is 6.10 Å². The van der Waals surface area contributed by atoms with Crippen molar-refractivity contribution in [3.63, 3.8) is 0 Å². The van der Waals surface area contributed by atoms with Gasteiger partial charge in [0.1, 0.15) is 5.82 Å². The molecule has 0 aliphatic rings. The summed E-state index contributed by atoms with van der Waals surface area (Å²) in [5, 5.41) is 12.6. The van der Waals surface area contributed by atoms with Crippen molar-refractivity contribution in [2.75, 3.05) is 27.2 Å². The van der Waals surface area contributed by atoms with E-state index in [0.717, 1.165) is 0 Å². The van der Waals surface area contributed by atoms with Crippen molar-refractivity contribution < 1.29 is 14.3 Å². The molecule has 0 aliphatic carbocycles. The maximum atomic E-state index is 13.5. The molecule has 106 valence electrons. The largest absolute Gasteiger partial charge is 0.387 e. The molecule has 0 bridgehead atoms. The Hall–Kier alpha value is -1.46. The summed E-state index contributed by atoms with van der Waals surface area (Å²) >= 11 is 0. The van der Waals surface area contributed by atoms with Crippen molar-refractivity contribution >= 4 is 5.91 Å². The summed E-state index contributed by atoms with van der Waals surface area (Å²) in [6, 6.07) is 6.17. The first kappa shape index (κ1) is 15.6. The number of aliphatic hydroxyl groups is 1. The lowest BCUT2D eigenvalue weighted by Crippen LogP contribution is -2.36. The van der Waals surface area contributed by atoms with Gasteiger partial charge in [0.25, 0.3) is 0 Å². The van der Waals surface area contributed by atoms with E-state index in [1.54, 1.807) is 32.3 Å². The van der Waals surface area contributed by atoms with E-state index >= 15 is 0 Å². The van der Waals surface area contributed by atoms with Gasteiger partial charge in [-0.15, -0.1) is 0 Å². The molecule has 1 aromatic carbocycles. The minimum Gasteiger partial charge on any atom is -0.387 e. The maximum absolute atomic E-state index is 13.5. The van der Waals surface area contributed by atoms with Crippen LogP contribution in [0.2, 0.25) is 0 Å². The molecule has 1 rings (SSSR count). The van der Waals surface area contributed by atoms with E-state index in [4.69, 9.17) is 0 Å². The van der Waals surface area contributed by atoms with Gasteiger partial charge in [-0.05, 0) is 13.1 Å². The molecule has 1 amide bonds. The normalized spacial score (nSPS) is 14.2. The van der Waals surface area contributed by atoms with Gasteiger partial charge in [-0.3, -0.25) is 4.79 Å². The molecule has 2 N–H and O–H groups in total. The van der Waals surface area contributed by atoms with Gasteiger partial charge >= 0.3 is 0 Å². The van der Waals surface area contributed by atoms with Crippen LogP contribution in [0.3, 0.4) is 0 Å². The van der Waals surface area contributed by atoms with Crippen molar-refractivity contribution in [1.82, 2.24) is 10.2 Å². The molecule has 0 spiro atoms. The number of hydrogen-bond acceptors (Lipinski definition) is 3. The molecular weight excluding hydrogens is 247 g/mol. The third-order valence-electron chi connectivity index (χ3n) is 3.03. The van der Waals surface area contributed by atoms with E-state index in [9.17, 15) is 14.3 Å². The lowest BCUT2D eigenvalue weighted by Gasteiger charge is -2.23. The number of benzene rings is 1. The standard InChI is InChI=1S/C14H21FN2O2/c1-10(14(19)16-2)8-17(3)9-13(18)11-6-4-5-7-12(11)15/h4-7,10,13,18H,8-9H2,1-3H3,(H,16,19). The fraction of sp³-hybridized carbons (Fsp3) is 0.500. The average Bonchev–Trinajstić information content (AvgIpc) is 2.37. The quantitative estimate of drug-likeness (QED) is 0.814. The Bertz CT molecular complexity index is 426. The second-order valence-corrected chi connectivity index (χ2v) is 4.77. The zero-order valence-corrected chi connectivity index (χ0v) is 11.6. The first-order valence-electron chi connectivity index (χ1n) is 6.28. The van der Waals surface area contributed by atoms with E-state index in [1.165, 1.54) is 6.07 Å². The summed E-state index contributed by atoms with van der Waals surface area (Å²) < 4.78 is 13.5. The molecule has 2 unspecified atom stereocenters. The van der Waals surface area contributed by atoms with Crippen LogP contribution >= 0.6 is 0 Å². The lowest BCUT2D eigenvalue weighted by molar-refractivity contribution is -0.124. The number of rotatable bonds is 6. The summed E-state index contributed by atoms with van der Waals surface area (Å²) in [5.41, 5.74) is 0.280. The van der Waals surface area contributed by atoms with Crippen molar-refractivity contribution in [2.24, 2.45) is 5.92 Å². The smallest absolute Gasteiger partial charge is 0.223 e. The summed E-state index contributed by atoms with van der Waals surface area (Å²) in [7, 11) is 3.39. The minimum atomic E-state index is -0.900. The molecule has 2 atom stereocenters. The fourth-order valence-corrected chi connectivity index (χ4v) is 2.01. The minimum absolute atomic E-state index is 0.0489. The Balaban J connectivity index is 2.55. The second-order valence-electron chi connectivity index (χ2n) is 4.77. The van der Waals surface area contributed by atoms with Crippen LogP contribution in [0.5, 0.6) is 0 Å². The maximum Gasteiger partial charge on any atom is 0.223 e. The van der Waals surface area contributed by atoms with E-state index in [0.29, 0.717) is 6.54 Å². The predicted molar refractivity (Wildman–Crippen MR) is 72.1 cm³/mol. The Morgan fingerprint density at radius 3 is 2.63 bits per heavy atom. The number of carbonyl (C=O) groups excluding carboxylic acids is 1. The molecule has 0 fully saturated rings. The number of amides is 1. The van der Waals surface area contributed by atoms with Crippen molar-refractivity contribution in [3.05, 3.63) is 35.6 Å². The summed E-state index contributed by atoms with van der Waals surface area (Å²) in [6.45, 7) is 2.60. The van der Waals surface area contributed by atoms with E-state index in [-0.39, 0.29) is 23.9 Å². The fourth-order valence-electron chi connectivity index (χ4n) is 2.01. The van der Waals surface area contributed by atoms with Crippen molar-refractivity contribution in [3.8, 4) is 0 Å². The molecule has 4 nitrogen and oxygen atoms in total. The molecule has 5 heteroatoms. The van der Waals surface area contributed by atoms with Crippen LogP contribution in [-0.2, 0) is 4.79 Å². The van der Waals surface area contributed by atoms with E-state index < -0.39 is 11.9 Å². The highest BCUT2D eigenvalue weighted by atomic mass is 19.1. The number of hydrogen-bond donors (Lipinski definition) is 2. The number of halogens is 1. The monoisotopic (exact) mass is 268 g/mol. The molecule has 0 saturated heterocycles. The van der Waals surface area contributed by atoms with Crippen LogP contribution in [-0.4, -0.2) is 43.1 Å². The van der Waals surface area contributed by atoms with Gasteiger partial charge in [-0.25, -0.2) is 4.39 Å². The highest BCUT2D eigenvalue weighted by Gasteiger charge is 2.18. The van der Waals surface area contributed by atoms with Gasteiger partial charge in [-0.1, -0.05) is 25.1 Å². The van der Waals surface area contributed by atoms with Crippen molar-refractivity contribution in [2.45, 2.75) is 13.0 Å². The molecule has 0 aromatic heterocycles. The van der Waals surface area contributed by atoms with Crippen LogP contribution in [0.1, 0.15) is 18.6 Å². The number of carbonyl (C=O) groups is 1. The molecule has 1 aromatic rings. The third-order valence-corrected chi connectivity index (χ3v) is 3.03. The van der Waals surface area contributed by atoms with Crippen LogP contribution in [0, 0.1) is 11.7 Å². The second kappa shape index (κ2) is 7.21. The zero-order valence-electron chi connectivity index (χ0n) is 11.6. The van der Waals surface area contributed by atoms with Crippen molar-refractivity contribution in [1.29, 1.82) is 0 Å². The number of nitrogens with zero attached hydrogens (tertiary/aromatic N) is 1. The Morgan fingerprint density at radius 1 is 1.42 bits per heavy atom. The van der Waals surface area contributed by atoms with Gasteiger partial charge in [0, 0.05) is 31.6 Å². The third kappa shape index (κ3) is 4.61. The Kier molecular flexibility index (Phi) is 5.92. The molecule has 0 aliphatic heterocycles. The first-order chi connectivity index (χ1) is 8.95. The molecular formula is C14H21FN2O2. The van der Waals surface area contributed by atoms with E-state index in [2.05, 4.69) is 5.32 Å². The first-order valence-corrected chi connectivity index (χ1v) is 6.28. The molecule has 0 heterocycles. The van der Waals surface area contributed by atoms with Gasteiger partial charge < -0.3 is 15.3 Å². The van der Waals surface area contributed by atoms with Gasteiger partial charge in [-0.2, -0.15) is 0 Å². The highest BCUT2D eigenvalue weighted by Crippen LogP contribution is 2.17. The summed E-state index contributed by atoms with van der Waals surface area (Å²) in [6.07, 6.45) is -0.900. The Labute approximate surface area is 113 Å². The van der Waals surface area contributed by atoms with Gasteiger partial charge in [0.2, 0.25) is 5.91 Å². The van der Waals surface area contributed by atoms with Crippen LogP contribution in [0.25, 0.3) is 0 Å². The highest BCUT2D eigenvalue weighted by molar-refractivity contribution is 5.78. The van der Waals surface area contributed by atoms with Gasteiger partial charge in [0.15, 0.2) is 0 Å². The molecule has 19 heavy (non-hydrogen) atoms. The molecule has 0 radical (unpaired) electrons. The average molecular weight is 268 g/mol. The number of nitrogens with one attached hydrogen (secondary N) is 1. The number of likely N-dealkylation sites (N-methyl/N-ethyl adjacent to an activating group) is 1. The predicted octanol–water partition coefficient (Wildman–Crippen LogP) is 1.17. The lowest BCUT2D eigenvalue weighted by atomic mass is 10.1. The summed E-state index contributed by atoms with van der Waals surface area (Å²) in [4.78, 5) is 13.2. The van der Waals surface area contributed by atoms with Crippen LogP contribution < -0.4 is 5.32 Å². The topological polar surface area (TPSA) is 52.6 Å². The van der Waals surface area contributed by atoms with E-state index in [1.807, 2.05) is 11.8 Å². The van der Waals surface area contributed by atoms with Crippen LogP contribution in [0.15, 0.2) is 24.3 Å². The number of aliphatic hydroxyl groups excluding tert-OH is 1. The summed E-state index contributed by atoms with van der Waals surface area (Å²) in [5.74, 6) is -0.641. The molecule has 0 saturated carbocycles.